The molecule has 0 bridgehead atoms. The van der Waals surface area contributed by atoms with E-state index in [0.29, 0.717) is 13.0 Å². The van der Waals surface area contributed by atoms with Crippen molar-refractivity contribution < 1.29 is 24.9 Å². The second kappa shape index (κ2) is 5.78. The monoisotopic (exact) mass is 232 g/mol. The maximum absolute atomic E-state index is 11.4. The molecule has 16 heavy (non-hydrogen) atoms. The number of amides is 1. The van der Waals surface area contributed by atoms with Gasteiger partial charge < -0.3 is 26.0 Å². The van der Waals surface area contributed by atoms with E-state index in [1.165, 1.54) is 0 Å². The normalized spacial score (nSPS) is 26.4. The summed E-state index contributed by atoms with van der Waals surface area (Å²) in [5, 5.41) is 31.8. The van der Waals surface area contributed by atoms with Crippen LogP contribution in [-0.2, 0) is 9.59 Å². The number of β-amino-alcohol motifs (C(OH)–C–C–N with tert-alkyl or cyclic N) is 1. The molecule has 0 saturated carbocycles. The summed E-state index contributed by atoms with van der Waals surface area (Å²) in [6, 6.07) is -0.433. The van der Waals surface area contributed by atoms with Crippen LogP contribution in [0.1, 0.15) is 12.8 Å². The number of carboxylic acids is 1. The zero-order valence-corrected chi connectivity index (χ0v) is 8.72. The van der Waals surface area contributed by atoms with E-state index in [1.807, 2.05) is 0 Å². The average Bonchev–Trinajstić information content (AvgIpc) is 2.64. The lowest BCUT2D eigenvalue weighted by atomic mass is 10.2. The lowest BCUT2D eigenvalue weighted by molar-refractivity contribution is -0.147. The predicted molar refractivity (Wildman–Crippen MR) is 53.7 cm³/mol. The number of aliphatic carboxylic acids is 1. The average molecular weight is 232 g/mol. The third-order valence-corrected chi connectivity index (χ3v) is 2.43. The molecule has 1 heterocycles. The molecule has 5 N–H and O–H groups in total. The molecule has 0 spiro atoms. The van der Waals surface area contributed by atoms with Gasteiger partial charge in [0.05, 0.1) is 12.1 Å². The van der Waals surface area contributed by atoms with Crippen molar-refractivity contribution in [2.24, 2.45) is 0 Å². The molecule has 0 aromatic carbocycles. The van der Waals surface area contributed by atoms with Crippen LogP contribution in [-0.4, -0.2) is 58.5 Å². The summed E-state index contributed by atoms with van der Waals surface area (Å²) in [5.41, 5.74) is 0. The topological polar surface area (TPSA) is 119 Å². The van der Waals surface area contributed by atoms with E-state index < -0.39 is 24.2 Å². The van der Waals surface area contributed by atoms with E-state index in [2.05, 4.69) is 10.6 Å². The van der Waals surface area contributed by atoms with Crippen LogP contribution in [0, 0.1) is 0 Å². The zero-order valence-electron chi connectivity index (χ0n) is 8.72. The molecule has 7 nitrogen and oxygen atoms in total. The first-order valence-electron chi connectivity index (χ1n) is 5.10. The van der Waals surface area contributed by atoms with Gasteiger partial charge in [-0.15, -0.1) is 0 Å². The van der Waals surface area contributed by atoms with Crippen LogP contribution < -0.4 is 10.6 Å². The summed E-state index contributed by atoms with van der Waals surface area (Å²) in [5.74, 6) is -1.59. The maximum atomic E-state index is 11.4. The zero-order chi connectivity index (χ0) is 12.1. The largest absolute Gasteiger partial charge is 0.479 e. The molecule has 0 aromatic rings. The Morgan fingerprint density at radius 2 is 2.19 bits per heavy atom. The molecule has 1 aliphatic rings. The van der Waals surface area contributed by atoms with Gasteiger partial charge in [0, 0.05) is 19.5 Å². The first-order valence-corrected chi connectivity index (χ1v) is 5.10. The standard InChI is InChI=1S/C9H16N2O5/c12-5-3-6(11-4-5)8(14)10-2-1-7(13)9(15)16/h5-7,11-13H,1-4H2,(H,10,14)(H,15,16)/t5?,6?,7-/m0/s1. The number of carbonyl (C=O) groups excluding carboxylic acids is 1. The molecule has 1 aliphatic heterocycles. The van der Waals surface area contributed by atoms with Gasteiger partial charge in [-0.2, -0.15) is 0 Å². The summed E-state index contributed by atoms with van der Waals surface area (Å²) in [6.45, 7) is 0.483. The highest BCUT2D eigenvalue weighted by atomic mass is 16.4. The van der Waals surface area contributed by atoms with Crippen molar-refractivity contribution >= 4 is 11.9 Å². The van der Waals surface area contributed by atoms with Gasteiger partial charge in [-0.05, 0) is 6.42 Å². The molecule has 1 fully saturated rings. The molecule has 7 heteroatoms. The molecule has 2 unspecified atom stereocenters. The first-order chi connectivity index (χ1) is 7.50. The van der Waals surface area contributed by atoms with Crippen molar-refractivity contribution in [1.82, 2.24) is 10.6 Å². The molecule has 0 radical (unpaired) electrons. The Morgan fingerprint density at radius 3 is 2.69 bits per heavy atom. The summed E-state index contributed by atoms with van der Waals surface area (Å²) in [7, 11) is 0. The number of carbonyl (C=O) groups is 2. The Labute approximate surface area is 92.5 Å². The molecule has 1 amide bonds. The van der Waals surface area contributed by atoms with Gasteiger partial charge in [0.25, 0.3) is 0 Å². The minimum absolute atomic E-state index is 0.0314. The van der Waals surface area contributed by atoms with Crippen molar-refractivity contribution in [3.63, 3.8) is 0 Å². The Morgan fingerprint density at radius 1 is 1.50 bits per heavy atom. The van der Waals surface area contributed by atoms with Gasteiger partial charge in [-0.1, -0.05) is 0 Å². The summed E-state index contributed by atoms with van der Waals surface area (Å²) < 4.78 is 0. The van der Waals surface area contributed by atoms with Crippen molar-refractivity contribution in [2.45, 2.75) is 31.1 Å². The van der Waals surface area contributed by atoms with Gasteiger partial charge in [0.2, 0.25) is 5.91 Å². The molecular formula is C9H16N2O5. The van der Waals surface area contributed by atoms with Gasteiger partial charge in [0.15, 0.2) is 6.10 Å². The highest BCUT2D eigenvalue weighted by molar-refractivity contribution is 5.82. The Hall–Kier alpha value is -1.18. The highest BCUT2D eigenvalue weighted by Crippen LogP contribution is 2.05. The van der Waals surface area contributed by atoms with Gasteiger partial charge in [0.1, 0.15) is 0 Å². The predicted octanol–water partition coefficient (Wildman–Crippen LogP) is -2.34. The highest BCUT2D eigenvalue weighted by Gasteiger charge is 2.27. The minimum Gasteiger partial charge on any atom is -0.479 e. The quantitative estimate of drug-likeness (QED) is 0.362. The third-order valence-electron chi connectivity index (χ3n) is 2.43. The minimum atomic E-state index is -1.46. The number of aliphatic hydroxyl groups excluding tert-OH is 2. The van der Waals surface area contributed by atoms with Crippen molar-refractivity contribution in [3.8, 4) is 0 Å². The first kappa shape index (κ1) is 12.9. The van der Waals surface area contributed by atoms with Crippen LogP contribution in [0.25, 0.3) is 0 Å². The Kier molecular flexibility index (Phi) is 4.66. The van der Waals surface area contributed by atoms with Crippen LogP contribution >= 0.6 is 0 Å². The Balaban J connectivity index is 2.18. The van der Waals surface area contributed by atoms with Crippen molar-refractivity contribution in [2.75, 3.05) is 13.1 Å². The van der Waals surface area contributed by atoms with Crippen LogP contribution in [0.3, 0.4) is 0 Å². The lowest BCUT2D eigenvalue weighted by Crippen LogP contribution is -2.41. The van der Waals surface area contributed by atoms with E-state index in [9.17, 15) is 14.7 Å². The van der Waals surface area contributed by atoms with E-state index in [-0.39, 0.29) is 18.9 Å². The molecular weight excluding hydrogens is 216 g/mol. The van der Waals surface area contributed by atoms with Gasteiger partial charge in [-0.25, -0.2) is 4.79 Å². The van der Waals surface area contributed by atoms with Crippen molar-refractivity contribution in [1.29, 1.82) is 0 Å². The second-order valence-corrected chi connectivity index (χ2v) is 3.78. The molecule has 1 rings (SSSR count). The number of carboxylic acid groups (broad SMARTS) is 1. The van der Waals surface area contributed by atoms with E-state index in [4.69, 9.17) is 10.2 Å². The molecule has 0 aromatic heterocycles. The number of nitrogens with one attached hydrogen (secondary N) is 2. The number of aliphatic hydroxyl groups is 2. The second-order valence-electron chi connectivity index (χ2n) is 3.78. The van der Waals surface area contributed by atoms with Crippen LogP contribution in [0.4, 0.5) is 0 Å². The summed E-state index contributed by atoms with van der Waals surface area (Å²) >= 11 is 0. The smallest absolute Gasteiger partial charge is 0.332 e. The fourth-order valence-corrected chi connectivity index (χ4v) is 1.50. The van der Waals surface area contributed by atoms with E-state index in [1.54, 1.807) is 0 Å². The molecule has 0 aliphatic carbocycles. The van der Waals surface area contributed by atoms with Crippen LogP contribution in [0.15, 0.2) is 0 Å². The molecule has 1 saturated heterocycles. The summed E-state index contributed by atoms with van der Waals surface area (Å²) in [6.07, 6.45) is -1.65. The fraction of sp³-hybridized carbons (Fsp3) is 0.778. The fourth-order valence-electron chi connectivity index (χ4n) is 1.50. The lowest BCUT2D eigenvalue weighted by Gasteiger charge is -2.11. The van der Waals surface area contributed by atoms with E-state index >= 15 is 0 Å². The SMILES string of the molecule is O=C(NCC[C@H](O)C(=O)O)C1CC(O)CN1. The molecule has 92 valence electrons. The van der Waals surface area contributed by atoms with Crippen LogP contribution in [0.5, 0.6) is 0 Å². The maximum Gasteiger partial charge on any atom is 0.332 e. The Bertz CT molecular complexity index is 271. The third kappa shape index (κ3) is 3.76. The molecule has 3 atom stereocenters. The van der Waals surface area contributed by atoms with Gasteiger partial charge in [-0.3, -0.25) is 4.79 Å². The van der Waals surface area contributed by atoms with E-state index in [0.717, 1.165) is 0 Å². The summed E-state index contributed by atoms with van der Waals surface area (Å²) in [4.78, 5) is 21.7. The van der Waals surface area contributed by atoms with Gasteiger partial charge >= 0.3 is 5.97 Å². The number of hydrogen-bond donors (Lipinski definition) is 5. The number of hydrogen-bond acceptors (Lipinski definition) is 5. The number of rotatable bonds is 5. The van der Waals surface area contributed by atoms with Crippen molar-refractivity contribution in [3.05, 3.63) is 0 Å². The van der Waals surface area contributed by atoms with Crippen LogP contribution in [0.2, 0.25) is 0 Å².